The molecule has 0 bridgehead atoms. The van der Waals surface area contributed by atoms with Crippen molar-refractivity contribution in [2.75, 3.05) is 24.7 Å². The van der Waals surface area contributed by atoms with E-state index in [1.54, 1.807) is 11.3 Å². The summed E-state index contributed by atoms with van der Waals surface area (Å²) in [6.07, 6.45) is 3.54. The van der Waals surface area contributed by atoms with Crippen LogP contribution in [0.5, 0.6) is 0 Å². The number of nitrogens with zero attached hydrogens (tertiary/aromatic N) is 3. The van der Waals surface area contributed by atoms with E-state index >= 15 is 0 Å². The van der Waals surface area contributed by atoms with Gasteiger partial charge in [-0.3, -0.25) is 0 Å². The second-order valence-corrected chi connectivity index (χ2v) is 7.68. The van der Waals surface area contributed by atoms with Gasteiger partial charge in [0.15, 0.2) is 0 Å². The van der Waals surface area contributed by atoms with Crippen LogP contribution in [0.1, 0.15) is 29.8 Å². The van der Waals surface area contributed by atoms with Gasteiger partial charge >= 0.3 is 0 Å². The summed E-state index contributed by atoms with van der Waals surface area (Å²) < 4.78 is 5.61. The van der Waals surface area contributed by atoms with E-state index in [4.69, 9.17) is 4.74 Å². The van der Waals surface area contributed by atoms with Crippen molar-refractivity contribution in [1.82, 2.24) is 10.2 Å². The SMILES string of the molecule is O[C@@H]1CCOC[C@H]1[C@@H]1CCCN1c1nnc(Cc2ccccc2)s1. The standard InChI is InChI=1S/C18H23N3O2S/c22-16-8-10-23-12-14(16)15-7-4-9-21(15)18-20-19-17(24-18)11-13-5-2-1-3-6-13/h1-3,5-6,14-16,22H,4,7-12H2/t14-,15-,16+/m0/s1. The molecule has 2 saturated heterocycles. The van der Waals surface area contributed by atoms with E-state index in [-0.39, 0.29) is 12.0 Å². The van der Waals surface area contributed by atoms with Gasteiger partial charge in [-0.1, -0.05) is 41.7 Å². The van der Waals surface area contributed by atoms with Gasteiger partial charge in [0.1, 0.15) is 5.01 Å². The molecule has 0 amide bonds. The third kappa shape index (κ3) is 3.31. The Morgan fingerprint density at radius 2 is 2.08 bits per heavy atom. The highest BCUT2D eigenvalue weighted by Crippen LogP contribution is 2.35. The van der Waals surface area contributed by atoms with Gasteiger partial charge < -0.3 is 14.7 Å². The van der Waals surface area contributed by atoms with Gasteiger partial charge in [-0.25, -0.2) is 0 Å². The number of benzene rings is 1. The van der Waals surface area contributed by atoms with Crippen molar-refractivity contribution in [3.8, 4) is 0 Å². The molecule has 24 heavy (non-hydrogen) atoms. The fourth-order valence-corrected chi connectivity index (χ4v) is 4.75. The third-order valence-corrected chi connectivity index (χ3v) is 6.02. The zero-order valence-corrected chi connectivity index (χ0v) is 14.5. The topological polar surface area (TPSA) is 58.5 Å². The van der Waals surface area contributed by atoms with Crippen molar-refractivity contribution in [2.24, 2.45) is 5.92 Å². The van der Waals surface area contributed by atoms with E-state index in [1.165, 1.54) is 5.56 Å². The molecule has 1 N–H and O–H groups in total. The van der Waals surface area contributed by atoms with E-state index in [9.17, 15) is 5.11 Å². The van der Waals surface area contributed by atoms with Crippen LogP contribution in [0.2, 0.25) is 0 Å². The number of aliphatic hydroxyl groups excluding tert-OH is 1. The van der Waals surface area contributed by atoms with Crippen LogP contribution in [0.25, 0.3) is 0 Å². The van der Waals surface area contributed by atoms with Gasteiger partial charge in [0, 0.05) is 31.5 Å². The summed E-state index contributed by atoms with van der Waals surface area (Å²) in [5.74, 6) is 0.183. The van der Waals surface area contributed by atoms with Crippen LogP contribution in [-0.4, -0.2) is 47.2 Å². The van der Waals surface area contributed by atoms with Crippen LogP contribution in [0.3, 0.4) is 0 Å². The lowest BCUT2D eigenvalue weighted by molar-refractivity contribution is -0.0437. The quantitative estimate of drug-likeness (QED) is 0.923. The first-order valence-electron chi connectivity index (χ1n) is 8.70. The van der Waals surface area contributed by atoms with Gasteiger partial charge in [0.05, 0.1) is 12.7 Å². The Hall–Kier alpha value is -1.50. The molecule has 0 radical (unpaired) electrons. The number of ether oxygens (including phenoxy) is 1. The first kappa shape index (κ1) is 16.0. The van der Waals surface area contributed by atoms with Gasteiger partial charge in [-0.05, 0) is 24.8 Å². The minimum Gasteiger partial charge on any atom is -0.393 e. The molecule has 0 spiro atoms. The number of aromatic nitrogens is 2. The predicted octanol–water partition coefficient (Wildman–Crippen LogP) is 2.50. The van der Waals surface area contributed by atoms with Crippen LogP contribution in [0, 0.1) is 5.92 Å². The average Bonchev–Trinajstić information content (AvgIpc) is 3.25. The van der Waals surface area contributed by atoms with Gasteiger partial charge in [0.25, 0.3) is 0 Å². The molecule has 5 nitrogen and oxygen atoms in total. The fourth-order valence-electron chi connectivity index (χ4n) is 3.79. The largest absolute Gasteiger partial charge is 0.393 e. The molecular weight excluding hydrogens is 322 g/mol. The first-order chi connectivity index (χ1) is 11.8. The molecule has 3 heterocycles. The third-order valence-electron chi connectivity index (χ3n) is 5.06. The molecule has 128 valence electrons. The maximum Gasteiger partial charge on any atom is 0.208 e. The van der Waals surface area contributed by atoms with Gasteiger partial charge in [-0.15, -0.1) is 10.2 Å². The average molecular weight is 345 g/mol. The van der Waals surface area contributed by atoms with Crippen LogP contribution in [0.15, 0.2) is 30.3 Å². The predicted molar refractivity (Wildman–Crippen MR) is 94.5 cm³/mol. The highest BCUT2D eigenvalue weighted by atomic mass is 32.1. The Morgan fingerprint density at radius 3 is 2.92 bits per heavy atom. The van der Waals surface area contributed by atoms with Crippen molar-refractivity contribution < 1.29 is 9.84 Å². The maximum atomic E-state index is 10.4. The van der Waals surface area contributed by atoms with E-state index in [1.807, 2.05) is 6.07 Å². The molecule has 1 aromatic carbocycles. The fraction of sp³-hybridized carbons (Fsp3) is 0.556. The molecule has 2 fully saturated rings. The molecule has 1 aromatic heterocycles. The summed E-state index contributed by atoms with van der Waals surface area (Å²) >= 11 is 1.68. The van der Waals surface area contributed by atoms with E-state index in [0.29, 0.717) is 19.3 Å². The van der Waals surface area contributed by atoms with E-state index in [0.717, 1.165) is 42.4 Å². The second-order valence-electron chi connectivity index (χ2n) is 6.64. The number of aliphatic hydroxyl groups is 1. The molecular formula is C18H23N3O2S. The first-order valence-corrected chi connectivity index (χ1v) is 9.51. The minimum atomic E-state index is -0.263. The Balaban J connectivity index is 1.48. The van der Waals surface area contributed by atoms with Crippen molar-refractivity contribution in [3.05, 3.63) is 40.9 Å². The Bertz CT molecular complexity index is 663. The van der Waals surface area contributed by atoms with Crippen molar-refractivity contribution >= 4 is 16.5 Å². The minimum absolute atomic E-state index is 0.183. The highest BCUT2D eigenvalue weighted by molar-refractivity contribution is 7.15. The summed E-state index contributed by atoms with van der Waals surface area (Å²) in [7, 11) is 0. The maximum absolute atomic E-state index is 10.4. The molecule has 6 heteroatoms. The smallest absolute Gasteiger partial charge is 0.208 e. The lowest BCUT2D eigenvalue weighted by Crippen LogP contribution is -2.46. The monoisotopic (exact) mass is 345 g/mol. The van der Waals surface area contributed by atoms with Crippen molar-refractivity contribution in [2.45, 2.75) is 37.8 Å². The molecule has 4 rings (SSSR count). The summed E-state index contributed by atoms with van der Waals surface area (Å²) in [5.41, 5.74) is 1.26. The molecule has 0 unspecified atom stereocenters. The van der Waals surface area contributed by atoms with Crippen molar-refractivity contribution in [3.63, 3.8) is 0 Å². The van der Waals surface area contributed by atoms with Crippen LogP contribution in [0.4, 0.5) is 5.13 Å². The van der Waals surface area contributed by atoms with Gasteiger partial charge in [-0.2, -0.15) is 0 Å². The summed E-state index contributed by atoms with van der Waals surface area (Å²) in [6, 6.07) is 10.7. The molecule has 2 aromatic rings. The second kappa shape index (κ2) is 7.17. The zero-order valence-electron chi connectivity index (χ0n) is 13.7. The highest BCUT2D eigenvalue weighted by Gasteiger charge is 2.38. The molecule has 2 aliphatic heterocycles. The lowest BCUT2D eigenvalue weighted by Gasteiger charge is -2.36. The number of hydrogen-bond acceptors (Lipinski definition) is 6. The normalized spacial score (nSPS) is 27.5. The van der Waals surface area contributed by atoms with Crippen LogP contribution in [-0.2, 0) is 11.2 Å². The number of rotatable bonds is 4. The molecule has 2 aliphatic rings. The molecule has 0 saturated carbocycles. The summed E-state index contributed by atoms with van der Waals surface area (Å²) in [6.45, 7) is 2.32. The lowest BCUT2D eigenvalue weighted by atomic mass is 9.89. The number of anilines is 1. The van der Waals surface area contributed by atoms with Gasteiger partial charge in [0.2, 0.25) is 5.13 Å². The summed E-state index contributed by atoms with van der Waals surface area (Å²) in [5, 5.41) is 21.2. The van der Waals surface area contributed by atoms with Crippen LogP contribution >= 0.6 is 11.3 Å². The van der Waals surface area contributed by atoms with Crippen LogP contribution < -0.4 is 4.90 Å². The molecule has 0 aliphatic carbocycles. The molecule has 3 atom stereocenters. The number of hydrogen-bond donors (Lipinski definition) is 1. The van der Waals surface area contributed by atoms with E-state index in [2.05, 4.69) is 39.4 Å². The van der Waals surface area contributed by atoms with E-state index < -0.39 is 0 Å². The zero-order chi connectivity index (χ0) is 16.4. The summed E-state index contributed by atoms with van der Waals surface area (Å²) in [4.78, 5) is 2.34. The Kier molecular flexibility index (Phi) is 4.78. The Labute approximate surface area is 146 Å². The Morgan fingerprint density at radius 1 is 1.21 bits per heavy atom. The van der Waals surface area contributed by atoms with Crippen molar-refractivity contribution in [1.29, 1.82) is 0 Å².